The molecule has 1 aromatic carbocycles. The molecular weight excluding hydrogens is 318 g/mol. The van der Waals surface area contributed by atoms with Crippen LogP contribution in [-0.2, 0) is 9.31 Å². The highest BCUT2D eigenvalue weighted by Crippen LogP contribution is 2.37. The van der Waals surface area contributed by atoms with Crippen molar-refractivity contribution in [3.8, 4) is 5.75 Å². The Morgan fingerprint density at radius 2 is 1.70 bits per heavy atom. The van der Waals surface area contributed by atoms with Gasteiger partial charge in [0.1, 0.15) is 0 Å². The van der Waals surface area contributed by atoms with Crippen molar-refractivity contribution in [2.75, 3.05) is 0 Å². The Balaban J connectivity index is 2.36. The summed E-state index contributed by atoms with van der Waals surface area (Å²) in [6.07, 6.45) is -5.02. The van der Waals surface area contributed by atoms with E-state index in [-0.39, 0.29) is 5.46 Å². The molecule has 1 fully saturated rings. The number of benzene rings is 1. The van der Waals surface area contributed by atoms with Crippen LogP contribution in [0.4, 0.5) is 18.9 Å². The molecule has 2 rings (SSSR count). The van der Waals surface area contributed by atoms with E-state index < -0.39 is 41.0 Å². The number of hydrogen-bond acceptors (Lipinski definition) is 5. The van der Waals surface area contributed by atoms with Gasteiger partial charge in [0.25, 0.3) is 0 Å². The van der Waals surface area contributed by atoms with Crippen molar-refractivity contribution in [1.29, 1.82) is 0 Å². The number of hydrogen-bond donors (Lipinski definition) is 0. The van der Waals surface area contributed by atoms with Crippen molar-refractivity contribution in [2.24, 2.45) is 0 Å². The molecular formula is C13H15BF3NO5. The van der Waals surface area contributed by atoms with E-state index in [1.807, 2.05) is 0 Å². The first kappa shape index (κ1) is 17.5. The van der Waals surface area contributed by atoms with Crippen molar-refractivity contribution in [1.82, 2.24) is 0 Å². The molecule has 0 aromatic heterocycles. The predicted octanol–water partition coefficient (Wildman–Crippen LogP) is 2.79. The van der Waals surface area contributed by atoms with Crippen LogP contribution in [0.2, 0.25) is 0 Å². The second-order valence-corrected chi connectivity index (χ2v) is 6.12. The summed E-state index contributed by atoms with van der Waals surface area (Å²) in [4.78, 5) is 10.1. The van der Waals surface area contributed by atoms with Gasteiger partial charge in [-0.1, -0.05) is 6.07 Å². The first-order valence-electron chi connectivity index (χ1n) is 6.72. The molecule has 1 aromatic rings. The highest BCUT2D eigenvalue weighted by molar-refractivity contribution is 6.62. The second kappa shape index (κ2) is 5.38. The smallest absolute Gasteiger partial charge is 0.399 e. The topological polar surface area (TPSA) is 70.8 Å². The Hall–Kier alpha value is -1.81. The number of nitro benzene ring substituents is 1. The van der Waals surface area contributed by atoms with Crippen LogP contribution < -0.4 is 10.2 Å². The molecule has 0 bridgehead atoms. The quantitative estimate of drug-likeness (QED) is 0.483. The summed E-state index contributed by atoms with van der Waals surface area (Å²) in [6.45, 7) is 7.18. The molecule has 1 aliphatic rings. The summed E-state index contributed by atoms with van der Waals surface area (Å²) >= 11 is 0. The van der Waals surface area contributed by atoms with Gasteiger partial charge in [-0.2, -0.15) is 0 Å². The molecule has 1 saturated heterocycles. The average molecular weight is 333 g/mol. The third-order valence-electron chi connectivity index (χ3n) is 3.93. The van der Waals surface area contributed by atoms with Gasteiger partial charge < -0.3 is 14.0 Å². The van der Waals surface area contributed by atoms with Crippen LogP contribution in [0.15, 0.2) is 18.2 Å². The standard InChI is InChI=1S/C13H15BF3NO5/c1-11(2)12(3,4)23-14(22-11)8-5-6-10(21-13(15,16)17)9(7-8)18(19)20/h5-7H,1-4H3. The molecule has 126 valence electrons. The van der Waals surface area contributed by atoms with E-state index in [0.29, 0.717) is 0 Å². The maximum absolute atomic E-state index is 12.3. The van der Waals surface area contributed by atoms with Crippen LogP contribution >= 0.6 is 0 Å². The first-order valence-corrected chi connectivity index (χ1v) is 6.72. The second-order valence-electron chi connectivity index (χ2n) is 6.12. The zero-order valence-electron chi connectivity index (χ0n) is 12.9. The lowest BCUT2D eigenvalue weighted by atomic mass is 9.79. The fourth-order valence-corrected chi connectivity index (χ4v) is 2.01. The van der Waals surface area contributed by atoms with Crippen LogP contribution in [0.1, 0.15) is 27.7 Å². The van der Waals surface area contributed by atoms with Gasteiger partial charge in [0, 0.05) is 6.07 Å². The van der Waals surface area contributed by atoms with Gasteiger partial charge in [0.2, 0.25) is 5.75 Å². The normalized spacial score (nSPS) is 19.7. The van der Waals surface area contributed by atoms with E-state index in [1.165, 1.54) is 6.07 Å². The lowest BCUT2D eigenvalue weighted by molar-refractivity contribution is -0.388. The molecule has 0 radical (unpaired) electrons. The van der Waals surface area contributed by atoms with Crippen LogP contribution in [0.25, 0.3) is 0 Å². The average Bonchev–Trinajstić information content (AvgIpc) is 2.56. The number of ether oxygens (including phenoxy) is 1. The third-order valence-corrected chi connectivity index (χ3v) is 3.93. The summed E-state index contributed by atoms with van der Waals surface area (Å²) in [7, 11) is -0.918. The highest BCUT2D eigenvalue weighted by Gasteiger charge is 2.52. The lowest BCUT2D eigenvalue weighted by Crippen LogP contribution is -2.41. The maximum atomic E-state index is 12.3. The van der Waals surface area contributed by atoms with Gasteiger partial charge in [-0.3, -0.25) is 10.1 Å². The third kappa shape index (κ3) is 3.58. The van der Waals surface area contributed by atoms with Gasteiger partial charge in [-0.15, -0.1) is 13.2 Å². The molecule has 0 aliphatic carbocycles. The van der Waals surface area contributed by atoms with E-state index in [1.54, 1.807) is 27.7 Å². The van der Waals surface area contributed by atoms with Crippen LogP contribution in [0.3, 0.4) is 0 Å². The van der Waals surface area contributed by atoms with Crippen LogP contribution in [-0.4, -0.2) is 29.6 Å². The highest BCUT2D eigenvalue weighted by atomic mass is 19.4. The van der Waals surface area contributed by atoms with Gasteiger partial charge in [0.15, 0.2) is 0 Å². The Labute approximate surface area is 130 Å². The molecule has 23 heavy (non-hydrogen) atoms. The Morgan fingerprint density at radius 1 is 1.17 bits per heavy atom. The minimum atomic E-state index is -5.02. The van der Waals surface area contributed by atoms with E-state index >= 15 is 0 Å². The number of alkyl halides is 3. The maximum Gasteiger partial charge on any atom is 0.573 e. The fourth-order valence-electron chi connectivity index (χ4n) is 2.01. The van der Waals surface area contributed by atoms with Crippen LogP contribution in [0, 0.1) is 10.1 Å². The zero-order valence-corrected chi connectivity index (χ0v) is 12.9. The number of nitro groups is 1. The summed E-state index contributed by atoms with van der Waals surface area (Å²) < 4.78 is 52.0. The van der Waals surface area contributed by atoms with Gasteiger partial charge in [-0.25, -0.2) is 0 Å². The molecule has 0 unspecified atom stereocenters. The predicted molar refractivity (Wildman–Crippen MR) is 75.5 cm³/mol. The monoisotopic (exact) mass is 333 g/mol. The molecule has 0 saturated carbocycles. The van der Waals surface area contributed by atoms with Gasteiger partial charge >= 0.3 is 19.2 Å². The lowest BCUT2D eigenvalue weighted by Gasteiger charge is -2.32. The van der Waals surface area contributed by atoms with E-state index in [4.69, 9.17) is 9.31 Å². The van der Waals surface area contributed by atoms with E-state index in [9.17, 15) is 23.3 Å². The molecule has 1 aliphatic heterocycles. The molecule has 1 heterocycles. The number of halogens is 3. The SMILES string of the molecule is CC1(C)OB(c2ccc(OC(F)(F)F)c([N+](=O)[O-])c2)OC1(C)C. The largest absolute Gasteiger partial charge is 0.573 e. The molecule has 0 atom stereocenters. The van der Waals surface area contributed by atoms with Crippen LogP contribution in [0.5, 0.6) is 5.75 Å². The van der Waals surface area contributed by atoms with Crippen molar-refractivity contribution in [3.63, 3.8) is 0 Å². The Bertz CT molecular complexity index is 617. The van der Waals surface area contributed by atoms with E-state index in [2.05, 4.69) is 4.74 Å². The number of nitrogens with zero attached hydrogens (tertiary/aromatic N) is 1. The Kier molecular flexibility index (Phi) is 4.10. The summed E-state index contributed by atoms with van der Waals surface area (Å²) in [5.41, 5.74) is -1.92. The first-order chi connectivity index (χ1) is 10.3. The molecule has 0 amide bonds. The minimum Gasteiger partial charge on any atom is -0.399 e. The van der Waals surface area contributed by atoms with Gasteiger partial charge in [0.05, 0.1) is 16.1 Å². The Morgan fingerprint density at radius 3 is 2.13 bits per heavy atom. The van der Waals surface area contributed by atoms with Crippen molar-refractivity contribution in [2.45, 2.75) is 45.3 Å². The molecule has 0 N–H and O–H groups in total. The zero-order chi connectivity index (χ0) is 17.6. The minimum absolute atomic E-state index is 0.241. The van der Waals surface area contributed by atoms with Crippen molar-refractivity contribution < 1.29 is 32.1 Å². The van der Waals surface area contributed by atoms with E-state index in [0.717, 1.165) is 12.1 Å². The van der Waals surface area contributed by atoms with Crippen molar-refractivity contribution >= 4 is 18.3 Å². The molecule has 10 heteroatoms. The summed E-state index contributed by atoms with van der Waals surface area (Å²) in [5.74, 6) is -0.886. The molecule has 0 spiro atoms. The molecule has 6 nitrogen and oxygen atoms in total. The van der Waals surface area contributed by atoms with Crippen molar-refractivity contribution in [3.05, 3.63) is 28.3 Å². The van der Waals surface area contributed by atoms with Gasteiger partial charge in [-0.05, 0) is 39.2 Å². The fraction of sp³-hybridized carbons (Fsp3) is 0.538. The number of rotatable bonds is 3. The summed E-state index contributed by atoms with van der Waals surface area (Å²) in [5, 5.41) is 11.0. The summed E-state index contributed by atoms with van der Waals surface area (Å²) in [6, 6.07) is 3.09.